The van der Waals surface area contributed by atoms with Gasteiger partial charge >= 0.3 is 7.12 Å². The molecule has 85 heavy (non-hydrogen) atoms. The summed E-state index contributed by atoms with van der Waals surface area (Å²) in [6.07, 6.45) is 2.15. The molecule has 426 valence electrons. The molecule has 0 spiro atoms. The van der Waals surface area contributed by atoms with E-state index in [9.17, 15) is 24.6 Å². The number of carbonyl (C=O) groups is 3. The number of benzene rings is 10. The average Bonchev–Trinajstić information content (AvgIpc) is 2.69. The summed E-state index contributed by atoms with van der Waals surface area (Å²) < 4.78 is 31.3. The molecule has 5 N–H and O–H groups in total. The van der Waals surface area contributed by atoms with E-state index in [1.165, 1.54) is 0 Å². The molecular formula is C71H64BN3O10. The van der Waals surface area contributed by atoms with Gasteiger partial charge < -0.3 is 49.7 Å². The van der Waals surface area contributed by atoms with Crippen LogP contribution in [0.2, 0.25) is 0 Å². The minimum absolute atomic E-state index is 0.120. The average molecular weight is 1130 g/mol. The summed E-state index contributed by atoms with van der Waals surface area (Å²) in [5, 5.41) is 41.8. The monoisotopic (exact) mass is 1130 g/mol. The van der Waals surface area contributed by atoms with Crippen molar-refractivity contribution in [3.63, 3.8) is 0 Å². The van der Waals surface area contributed by atoms with Crippen molar-refractivity contribution in [2.45, 2.75) is 38.5 Å². The molecule has 3 amide bonds. The van der Waals surface area contributed by atoms with E-state index in [0.29, 0.717) is 118 Å². The van der Waals surface area contributed by atoms with Crippen molar-refractivity contribution in [2.24, 2.45) is 0 Å². The maximum absolute atomic E-state index is 14.5. The van der Waals surface area contributed by atoms with Crippen LogP contribution in [0.25, 0.3) is 53.9 Å². The molecule has 0 aromatic heterocycles. The van der Waals surface area contributed by atoms with Gasteiger partial charge in [-0.05, 0) is 123 Å². The van der Waals surface area contributed by atoms with E-state index in [2.05, 4.69) is 35.2 Å². The molecule has 10 aromatic carbocycles. The van der Waals surface area contributed by atoms with Crippen molar-refractivity contribution in [3.8, 4) is 23.0 Å². The zero-order valence-corrected chi connectivity index (χ0v) is 47.1. The summed E-state index contributed by atoms with van der Waals surface area (Å²) >= 11 is 0. The fourth-order valence-electron chi connectivity index (χ4n) is 11.9. The topological polar surface area (TPSA) is 174 Å². The number of anilines is 1. The first-order valence-corrected chi connectivity index (χ1v) is 28.9. The van der Waals surface area contributed by atoms with E-state index in [4.69, 9.17) is 23.5 Å². The molecule has 0 saturated carbocycles. The van der Waals surface area contributed by atoms with Crippen molar-refractivity contribution in [1.29, 1.82) is 0 Å². The number of allylic oxidation sites excluding steroid dienone is 2. The Balaban J connectivity index is 0.912. The van der Waals surface area contributed by atoms with Gasteiger partial charge in [0.05, 0.1) is 43.1 Å². The van der Waals surface area contributed by atoms with E-state index in [-0.39, 0.29) is 41.4 Å². The molecule has 14 heteroatoms. The van der Waals surface area contributed by atoms with Crippen LogP contribution in [0.5, 0.6) is 23.0 Å². The number of ether oxygens (including phenoxy) is 3. The predicted molar refractivity (Wildman–Crippen MR) is 337 cm³/mol. The largest absolute Gasteiger partial charge is 0.632 e. The molecule has 0 unspecified atom stereocenters. The second kappa shape index (κ2) is 25.2. The highest BCUT2D eigenvalue weighted by atomic mass is 16.6. The predicted octanol–water partition coefficient (Wildman–Crippen LogP) is 12.3. The van der Waals surface area contributed by atoms with Crippen LogP contribution in [0, 0.1) is 0 Å². The maximum Gasteiger partial charge on any atom is 0.632 e. The van der Waals surface area contributed by atoms with Crippen LogP contribution in [0.4, 0.5) is 5.69 Å². The highest BCUT2D eigenvalue weighted by molar-refractivity contribution is 6.64. The minimum Gasteiger partial charge on any atom is -0.519 e. The lowest BCUT2D eigenvalue weighted by molar-refractivity contribution is 0.0139. The first kappa shape index (κ1) is 56.0. The second-order valence-electron chi connectivity index (χ2n) is 21.7. The molecule has 12 rings (SSSR count). The lowest BCUT2D eigenvalue weighted by Gasteiger charge is -2.20. The summed E-state index contributed by atoms with van der Waals surface area (Å²) in [7, 11) is -0.962. The summed E-state index contributed by atoms with van der Waals surface area (Å²) in [6.45, 7) is 12.2. The highest BCUT2D eigenvalue weighted by Crippen LogP contribution is 2.48. The number of hydrogen-bond donors (Lipinski definition) is 5. The molecule has 2 heterocycles. The van der Waals surface area contributed by atoms with Crippen molar-refractivity contribution >= 4 is 89.9 Å². The highest BCUT2D eigenvalue weighted by Gasteiger charge is 2.39. The number of rotatable bonds is 3. The summed E-state index contributed by atoms with van der Waals surface area (Å²) in [6, 6.07) is 52.2. The molecule has 2 aliphatic heterocycles. The van der Waals surface area contributed by atoms with Crippen LogP contribution in [-0.4, -0.2) is 87.8 Å². The Labute approximate surface area is 493 Å². The van der Waals surface area contributed by atoms with Crippen molar-refractivity contribution < 1.29 is 48.1 Å². The number of aromatic hydroxyl groups is 2. The molecule has 13 nitrogen and oxygen atoms in total. The molecule has 10 aromatic rings. The van der Waals surface area contributed by atoms with Crippen LogP contribution in [0.15, 0.2) is 188 Å². The van der Waals surface area contributed by atoms with Crippen LogP contribution in [0.1, 0.15) is 66.2 Å². The van der Waals surface area contributed by atoms with Gasteiger partial charge in [0.2, 0.25) is 0 Å². The summed E-state index contributed by atoms with van der Waals surface area (Å²) in [4.78, 5) is 42.2. The number of carbonyl (C=O) groups excluding carboxylic acids is 3. The summed E-state index contributed by atoms with van der Waals surface area (Å²) in [5.41, 5.74) is 6.32. The molecule has 6 bridgehead atoms. The fraction of sp³-hybridized carbons (Fsp3) is 0.197. The van der Waals surface area contributed by atoms with Crippen molar-refractivity contribution in [3.05, 3.63) is 227 Å². The molecule has 0 saturated heterocycles. The Morgan fingerprint density at radius 1 is 0.459 bits per heavy atom. The van der Waals surface area contributed by atoms with Crippen LogP contribution < -0.4 is 30.7 Å². The molecule has 0 radical (unpaired) electrons. The molecule has 0 fully saturated rings. The first-order valence-electron chi connectivity index (χ1n) is 28.9. The van der Waals surface area contributed by atoms with Gasteiger partial charge in [-0.15, -0.1) is 0 Å². The third-order valence-corrected chi connectivity index (χ3v) is 15.9. The third-order valence-electron chi connectivity index (χ3n) is 15.9. The Kier molecular flexibility index (Phi) is 16.6. The smallest absolute Gasteiger partial charge is 0.519 e. The van der Waals surface area contributed by atoms with Gasteiger partial charge in [-0.1, -0.05) is 158 Å². The van der Waals surface area contributed by atoms with E-state index in [1.807, 2.05) is 146 Å². The van der Waals surface area contributed by atoms with E-state index in [0.717, 1.165) is 76.1 Å². The number of phenolic OH excluding ortho intramolecular Hbond substituents is 2. The lowest BCUT2D eigenvalue weighted by atomic mass is 9.79. The van der Waals surface area contributed by atoms with Gasteiger partial charge in [-0.25, -0.2) is 0 Å². The third kappa shape index (κ3) is 11.9. The van der Waals surface area contributed by atoms with Crippen LogP contribution in [0.3, 0.4) is 0 Å². The Bertz CT molecular complexity index is 4040. The second-order valence-corrected chi connectivity index (χ2v) is 21.7. The van der Waals surface area contributed by atoms with E-state index >= 15 is 0 Å². The molecule has 0 atom stereocenters. The SMILES string of the molecule is C=C1Cc2c(O)c(cc3ccccc23)C(=O)NCCCOCCOCCOCCCNC(=O)c2cc3ccccc3c(c2O)CC(=C)Cc2c3c(c(c4ccccc24)C1)OB(c1cccc(NC(=O)c2c4ccccc4cc4ccccc24)c1)O3. The quantitative estimate of drug-likeness (QED) is 0.0651. The van der Waals surface area contributed by atoms with Gasteiger partial charge in [0.25, 0.3) is 17.7 Å². The van der Waals surface area contributed by atoms with E-state index < -0.39 is 18.9 Å². The van der Waals surface area contributed by atoms with Crippen molar-refractivity contribution in [2.75, 3.05) is 58.0 Å². The van der Waals surface area contributed by atoms with Gasteiger partial charge in [0.1, 0.15) is 23.0 Å². The van der Waals surface area contributed by atoms with E-state index in [1.54, 1.807) is 12.1 Å². The van der Waals surface area contributed by atoms with Gasteiger partial charge in [-0.2, -0.15) is 0 Å². The standard InChI is InChI=1S/C71H64BN3O10/c1-44-36-58-52-22-7-3-18-48(52)41-62(65(58)76)69(78)73-28-14-30-81-32-34-83-35-33-82-31-15-29-74-70(79)63-42-49-19-4-8-23-53(49)59(66(63)77)37-45(2)39-61-57-27-12-11-26-56(57)60(38-44)67-68(61)85-72(84-67)50-20-13-21-51(43-50)75-71(80)64-54-24-9-5-16-46(54)40-47-17-6-10-25-55(47)64/h3-13,16-27,40-43,76-77H,1-2,14-15,28-39H2,(H,73,78)(H,74,79)(H,75,80). The fourth-order valence-corrected chi connectivity index (χ4v) is 11.9. The van der Waals surface area contributed by atoms with Crippen LogP contribution in [-0.2, 0) is 39.9 Å². The van der Waals surface area contributed by atoms with Gasteiger partial charge in [-0.3, -0.25) is 14.4 Å². The summed E-state index contributed by atoms with van der Waals surface area (Å²) in [5.74, 6) is -0.295. The molecule has 2 aliphatic rings. The lowest BCUT2D eigenvalue weighted by Crippen LogP contribution is -2.39. The Hall–Kier alpha value is -9.47. The molecular weight excluding hydrogens is 1070 g/mol. The number of nitrogens with one attached hydrogen (secondary N) is 3. The molecule has 0 aliphatic carbocycles. The number of hydrogen-bond acceptors (Lipinski definition) is 10. The Morgan fingerprint density at radius 2 is 0.859 bits per heavy atom. The van der Waals surface area contributed by atoms with Gasteiger partial charge in [0, 0.05) is 59.7 Å². The zero-order chi connectivity index (χ0) is 58.4. The first-order chi connectivity index (χ1) is 41.6. The minimum atomic E-state index is -0.962. The Morgan fingerprint density at radius 3 is 1.33 bits per heavy atom. The van der Waals surface area contributed by atoms with Crippen LogP contribution >= 0.6 is 0 Å². The maximum atomic E-state index is 14.5. The normalized spacial score (nSPS) is 15.6. The van der Waals surface area contributed by atoms with Gasteiger partial charge in [0.15, 0.2) is 0 Å². The number of amides is 3. The number of phenols is 2. The zero-order valence-electron chi connectivity index (χ0n) is 47.1. The number of fused-ring (bicyclic) bond motifs is 13. The van der Waals surface area contributed by atoms with Crippen molar-refractivity contribution in [1.82, 2.24) is 10.6 Å².